The van der Waals surface area contributed by atoms with E-state index in [1.165, 1.54) is 0 Å². The van der Waals surface area contributed by atoms with E-state index in [-0.39, 0.29) is 0 Å². The molecule has 2 atom stereocenters. The molecule has 0 spiro atoms. The predicted molar refractivity (Wildman–Crippen MR) is 47.9 cm³/mol. The van der Waals surface area contributed by atoms with Gasteiger partial charge in [0.25, 0.3) is 0 Å². The first-order valence-corrected chi connectivity index (χ1v) is 4.13. The standard InChI is InChI=1S/C10H15N/c1-3-9-5-4-8(2)10(6-9)7-11/h1,5,8,10H,4,6-7,11H2,2H3/t8-,10?/m1/s1. The van der Waals surface area contributed by atoms with Crippen LogP contribution < -0.4 is 5.73 Å². The number of allylic oxidation sites excluding steroid dienone is 2. The van der Waals surface area contributed by atoms with Crippen molar-refractivity contribution < 1.29 is 0 Å². The molecule has 1 heteroatoms. The minimum atomic E-state index is 0.603. The molecule has 11 heavy (non-hydrogen) atoms. The summed E-state index contributed by atoms with van der Waals surface area (Å²) in [6, 6.07) is 0. The number of nitrogens with two attached hydrogens (primary N) is 1. The van der Waals surface area contributed by atoms with Crippen LogP contribution >= 0.6 is 0 Å². The van der Waals surface area contributed by atoms with Gasteiger partial charge in [-0.1, -0.05) is 18.9 Å². The summed E-state index contributed by atoms with van der Waals surface area (Å²) in [6.07, 6.45) is 9.58. The molecule has 1 aliphatic rings. The summed E-state index contributed by atoms with van der Waals surface area (Å²) in [6.45, 7) is 3.00. The smallest absolute Gasteiger partial charge is 0.00188 e. The molecular formula is C10H15N. The van der Waals surface area contributed by atoms with Crippen molar-refractivity contribution in [2.75, 3.05) is 6.54 Å². The van der Waals surface area contributed by atoms with Crippen LogP contribution in [0.1, 0.15) is 19.8 Å². The lowest BCUT2D eigenvalue weighted by atomic mass is 9.81. The molecule has 0 saturated carbocycles. The SMILES string of the molecule is C#CC1=CC[C@@H](C)C(CN)C1. The third kappa shape index (κ3) is 1.85. The molecule has 0 fully saturated rings. The second-order valence-electron chi connectivity index (χ2n) is 3.29. The van der Waals surface area contributed by atoms with Gasteiger partial charge in [-0.25, -0.2) is 0 Å². The number of hydrogen-bond acceptors (Lipinski definition) is 1. The highest BCUT2D eigenvalue weighted by molar-refractivity contribution is 5.27. The lowest BCUT2D eigenvalue weighted by Crippen LogP contribution is -2.24. The van der Waals surface area contributed by atoms with Gasteiger partial charge < -0.3 is 5.73 Å². The van der Waals surface area contributed by atoms with E-state index in [9.17, 15) is 0 Å². The highest BCUT2D eigenvalue weighted by Gasteiger charge is 2.19. The van der Waals surface area contributed by atoms with Gasteiger partial charge in [-0.2, -0.15) is 0 Å². The molecular weight excluding hydrogens is 134 g/mol. The molecule has 0 aromatic carbocycles. The highest BCUT2D eigenvalue weighted by Crippen LogP contribution is 2.27. The minimum absolute atomic E-state index is 0.603. The van der Waals surface area contributed by atoms with Gasteiger partial charge in [0.15, 0.2) is 0 Å². The van der Waals surface area contributed by atoms with E-state index in [0.717, 1.165) is 25.0 Å². The van der Waals surface area contributed by atoms with Gasteiger partial charge in [-0.3, -0.25) is 0 Å². The van der Waals surface area contributed by atoms with Crippen LogP contribution in [0, 0.1) is 24.2 Å². The molecule has 0 aromatic heterocycles. The van der Waals surface area contributed by atoms with Crippen molar-refractivity contribution in [3.8, 4) is 12.3 Å². The van der Waals surface area contributed by atoms with E-state index in [1.807, 2.05) is 0 Å². The summed E-state index contributed by atoms with van der Waals surface area (Å²) in [7, 11) is 0. The number of hydrogen-bond donors (Lipinski definition) is 1. The van der Waals surface area contributed by atoms with Crippen LogP contribution in [0.5, 0.6) is 0 Å². The van der Waals surface area contributed by atoms with Crippen molar-refractivity contribution in [2.45, 2.75) is 19.8 Å². The second kappa shape index (κ2) is 3.59. The first-order valence-electron chi connectivity index (χ1n) is 4.13. The van der Waals surface area contributed by atoms with Crippen LogP contribution in [0.25, 0.3) is 0 Å². The fourth-order valence-corrected chi connectivity index (χ4v) is 1.52. The molecule has 1 aliphatic carbocycles. The Balaban J connectivity index is 2.62. The summed E-state index contributed by atoms with van der Waals surface area (Å²) in [5, 5.41) is 0. The fourth-order valence-electron chi connectivity index (χ4n) is 1.52. The summed E-state index contributed by atoms with van der Waals surface area (Å²) in [5.74, 6) is 4.00. The molecule has 0 saturated heterocycles. The van der Waals surface area contributed by atoms with Crippen molar-refractivity contribution in [1.29, 1.82) is 0 Å². The van der Waals surface area contributed by atoms with Crippen molar-refractivity contribution in [2.24, 2.45) is 17.6 Å². The normalized spacial score (nSPS) is 30.8. The van der Waals surface area contributed by atoms with Gasteiger partial charge in [0.2, 0.25) is 0 Å². The van der Waals surface area contributed by atoms with Gasteiger partial charge in [0, 0.05) is 0 Å². The third-order valence-electron chi connectivity index (χ3n) is 2.51. The molecule has 0 radical (unpaired) electrons. The van der Waals surface area contributed by atoms with Crippen molar-refractivity contribution >= 4 is 0 Å². The van der Waals surface area contributed by atoms with Crippen molar-refractivity contribution in [3.05, 3.63) is 11.6 Å². The Morgan fingerprint density at radius 1 is 1.82 bits per heavy atom. The average Bonchev–Trinajstić information content (AvgIpc) is 2.05. The molecule has 1 unspecified atom stereocenters. The second-order valence-corrected chi connectivity index (χ2v) is 3.29. The number of rotatable bonds is 1. The largest absolute Gasteiger partial charge is 0.330 e. The van der Waals surface area contributed by atoms with Crippen LogP contribution in [0.4, 0.5) is 0 Å². The fraction of sp³-hybridized carbons (Fsp3) is 0.600. The van der Waals surface area contributed by atoms with Gasteiger partial charge in [0.1, 0.15) is 0 Å². The molecule has 0 heterocycles. The van der Waals surface area contributed by atoms with E-state index in [2.05, 4.69) is 18.9 Å². The first kappa shape index (κ1) is 8.36. The molecule has 1 rings (SSSR count). The maximum atomic E-state index is 5.61. The molecule has 0 aromatic rings. The van der Waals surface area contributed by atoms with Gasteiger partial charge >= 0.3 is 0 Å². The van der Waals surface area contributed by atoms with Crippen LogP contribution in [0.3, 0.4) is 0 Å². The Bertz CT molecular complexity index is 197. The Hall–Kier alpha value is -0.740. The van der Waals surface area contributed by atoms with E-state index >= 15 is 0 Å². The first-order chi connectivity index (χ1) is 5.27. The predicted octanol–water partition coefficient (Wildman–Crippen LogP) is 1.55. The molecule has 0 aliphatic heterocycles. The molecule has 2 N–H and O–H groups in total. The van der Waals surface area contributed by atoms with E-state index < -0.39 is 0 Å². The van der Waals surface area contributed by atoms with E-state index in [0.29, 0.717) is 11.8 Å². The summed E-state index contributed by atoms with van der Waals surface area (Å²) < 4.78 is 0. The monoisotopic (exact) mass is 149 g/mol. The number of terminal acetylenes is 1. The van der Waals surface area contributed by atoms with Crippen LogP contribution in [-0.2, 0) is 0 Å². The minimum Gasteiger partial charge on any atom is -0.330 e. The Labute approximate surface area is 68.7 Å². The quantitative estimate of drug-likeness (QED) is 0.562. The molecule has 60 valence electrons. The Morgan fingerprint density at radius 2 is 2.55 bits per heavy atom. The zero-order chi connectivity index (χ0) is 8.27. The van der Waals surface area contributed by atoms with Crippen molar-refractivity contribution in [3.63, 3.8) is 0 Å². The topological polar surface area (TPSA) is 26.0 Å². The molecule has 1 nitrogen and oxygen atoms in total. The third-order valence-corrected chi connectivity index (χ3v) is 2.51. The van der Waals surface area contributed by atoms with Gasteiger partial charge in [-0.15, -0.1) is 6.42 Å². The lowest BCUT2D eigenvalue weighted by molar-refractivity contribution is 0.353. The molecule has 0 bridgehead atoms. The van der Waals surface area contributed by atoms with Crippen LogP contribution in [0.15, 0.2) is 11.6 Å². The Morgan fingerprint density at radius 3 is 3.09 bits per heavy atom. The highest BCUT2D eigenvalue weighted by atomic mass is 14.6. The zero-order valence-corrected chi connectivity index (χ0v) is 7.01. The molecule has 0 amide bonds. The zero-order valence-electron chi connectivity index (χ0n) is 7.01. The maximum absolute atomic E-state index is 5.61. The van der Waals surface area contributed by atoms with Gasteiger partial charge in [0.05, 0.1) is 0 Å². The lowest BCUT2D eigenvalue weighted by Gasteiger charge is -2.25. The summed E-state index contributed by atoms with van der Waals surface area (Å²) in [4.78, 5) is 0. The van der Waals surface area contributed by atoms with Crippen LogP contribution in [-0.4, -0.2) is 6.54 Å². The van der Waals surface area contributed by atoms with E-state index in [1.54, 1.807) is 0 Å². The summed E-state index contributed by atoms with van der Waals surface area (Å²) in [5.41, 5.74) is 6.75. The van der Waals surface area contributed by atoms with Crippen LogP contribution in [0.2, 0.25) is 0 Å². The maximum Gasteiger partial charge on any atom is -0.00188 e. The average molecular weight is 149 g/mol. The van der Waals surface area contributed by atoms with Gasteiger partial charge in [-0.05, 0) is 36.8 Å². The Kier molecular flexibility index (Phi) is 2.73. The van der Waals surface area contributed by atoms with Crippen molar-refractivity contribution in [1.82, 2.24) is 0 Å². The summed E-state index contributed by atoms with van der Waals surface area (Å²) >= 11 is 0. The van der Waals surface area contributed by atoms with E-state index in [4.69, 9.17) is 12.2 Å².